The maximum Gasteiger partial charge on any atom is 0.246 e. The summed E-state index contributed by atoms with van der Waals surface area (Å²) in [6.07, 6.45) is 1.77. The number of piperidine rings is 1. The number of amides is 3. The van der Waals surface area contributed by atoms with Crippen molar-refractivity contribution in [1.82, 2.24) is 10.2 Å². The molecule has 2 unspecified atom stereocenters. The molecule has 0 spiro atoms. The number of nitrogens with zero attached hydrogens (tertiary/aromatic N) is 1. The molecule has 0 aliphatic carbocycles. The Morgan fingerprint density at radius 3 is 2.42 bits per heavy atom. The second-order valence-electron chi connectivity index (χ2n) is 8.76. The lowest BCUT2D eigenvalue weighted by Crippen LogP contribution is -2.50. The molecule has 1 fully saturated rings. The quantitative estimate of drug-likeness (QED) is 0.582. The van der Waals surface area contributed by atoms with Gasteiger partial charge in [-0.05, 0) is 56.7 Å². The van der Waals surface area contributed by atoms with E-state index >= 15 is 0 Å². The standard InChI is InChI=1S/C23H36N4O4/c1-14(2)12-18(24)23(30)27-10-8-17(9-11-27)22(29)25-16(4)21(28)26-19-13-15(3)6-7-20(19)31-5/h6-7,13-14,16-18H,8-12,24H2,1-5H3,(H,25,29)(H,26,28). The Balaban J connectivity index is 1.85. The van der Waals surface area contributed by atoms with Crippen LogP contribution >= 0.6 is 0 Å². The van der Waals surface area contributed by atoms with Gasteiger partial charge in [0.25, 0.3) is 0 Å². The Labute approximate surface area is 184 Å². The molecule has 0 radical (unpaired) electrons. The van der Waals surface area contributed by atoms with Gasteiger partial charge >= 0.3 is 0 Å². The SMILES string of the molecule is COc1ccc(C)cc1NC(=O)C(C)NC(=O)C1CCN(C(=O)C(N)CC(C)C)CC1. The number of hydrogen-bond donors (Lipinski definition) is 3. The number of nitrogens with two attached hydrogens (primary N) is 1. The van der Waals surface area contributed by atoms with E-state index in [0.717, 1.165) is 5.56 Å². The predicted molar refractivity (Wildman–Crippen MR) is 121 cm³/mol. The van der Waals surface area contributed by atoms with Gasteiger partial charge in [0.2, 0.25) is 17.7 Å². The summed E-state index contributed by atoms with van der Waals surface area (Å²) in [5, 5.41) is 5.61. The summed E-state index contributed by atoms with van der Waals surface area (Å²) < 4.78 is 5.28. The van der Waals surface area contributed by atoms with Gasteiger partial charge in [0, 0.05) is 19.0 Å². The van der Waals surface area contributed by atoms with Crippen molar-refractivity contribution in [2.45, 2.75) is 59.0 Å². The number of rotatable bonds is 8. The number of anilines is 1. The zero-order valence-electron chi connectivity index (χ0n) is 19.2. The molecule has 172 valence electrons. The van der Waals surface area contributed by atoms with Crippen molar-refractivity contribution in [3.05, 3.63) is 23.8 Å². The third kappa shape index (κ3) is 6.95. The summed E-state index contributed by atoms with van der Waals surface area (Å²) in [6, 6.07) is 4.31. The highest BCUT2D eigenvalue weighted by Gasteiger charge is 2.31. The molecule has 0 bridgehead atoms. The molecule has 1 aliphatic heterocycles. The number of carbonyl (C=O) groups is 3. The minimum atomic E-state index is -0.697. The smallest absolute Gasteiger partial charge is 0.246 e. The molecule has 1 aromatic rings. The molecule has 8 heteroatoms. The van der Waals surface area contributed by atoms with Crippen LogP contribution in [-0.2, 0) is 14.4 Å². The average Bonchev–Trinajstić information content (AvgIpc) is 2.72. The van der Waals surface area contributed by atoms with Gasteiger partial charge < -0.3 is 26.0 Å². The predicted octanol–water partition coefficient (Wildman–Crippen LogP) is 2.06. The van der Waals surface area contributed by atoms with Crippen LogP contribution in [0.2, 0.25) is 0 Å². The number of nitrogens with one attached hydrogen (secondary N) is 2. The van der Waals surface area contributed by atoms with Crippen molar-refractivity contribution in [2.24, 2.45) is 17.6 Å². The Morgan fingerprint density at radius 1 is 1.19 bits per heavy atom. The van der Waals surface area contributed by atoms with E-state index in [4.69, 9.17) is 10.5 Å². The van der Waals surface area contributed by atoms with Gasteiger partial charge in [-0.3, -0.25) is 14.4 Å². The molecule has 4 N–H and O–H groups in total. The highest BCUT2D eigenvalue weighted by Crippen LogP contribution is 2.25. The van der Waals surface area contributed by atoms with Crippen LogP contribution in [0.4, 0.5) is 5.69 Å². The number of benzene rings is 1. The van der Waals surface area contributed by atoms with E-state index < -0.39 is 12.1 Å². The first-order chi connectivity index (χ1) is 14.6. The van der Waals surface area contributed by atoms with E-state index in [9.17, 15) is 14.4 Å². The Hall–Kier alpha value is -2.61. The fourth-order valence-electron chi connectivity index (χ4n) is 3.76. The number of likely N-dealkylation sites (tertiary alicyclic amines) is 1. The largest absolute Gasteiger partial charge is 0.495 e. The molecular formula is C23H36N4O4. The lowest BCUT2D eigenvalue weighted by Gasteiger charge is -2.33. The highest BCUT2D eigenvalue weighted by molar-refractivity contribution is 5.98. The zero-order valence-corrected chi connectivity index (χ0v) is 19.2. The first-order valence-electron chi connectivity index (χ1n) is 10.9. The Kier molecular flexibility index (Phi) is 8.86. The molecule has 31 heavy (non-hydrogen) atoms. The van der Waals surface area contributed by atoms with Crippen LogP contribution in [0.1, 0.15) is 45.6 Å². The number of aryl methyl sites for hydroxylation is 1. The van der Waals surface area contributed by atoms with Crippen molar-refractivity contribution in [1.29, 1.82) is 0 Å². The molecule has 0 saturated carbocycles. The van der Waals surface area contributed by atoms with Gasteiger partial charge in [0.05, 0.1) is 18.8 Å². The second kappa shape index (κ2) is 11.1. The van der Waals surface area contributed by atoms with Gasteiger partial charge in [-0.2, -0.15) is 0 Å². The van der Waals surface area contributed by atoms with E-state index in [-0.39, 0.29) is 23.6 Å². The molecule has 1 aliphatic rings. The van der Waals surface area contributed by atoms with E-state index in [1.54, 1.807) is 25.0 Å². The lowest BCUT2D eigenvalue weighted by molar-refractivity contribution is -0.137. The second-order valence-corrected chi connectivity index (χ2v) is 8.76. The van der Waals surface area contributed by atoms with Crippen molar-refractivity contribution < 1.29 is 19.1 Å². The van der Waals surface area contributed by atoms with E-state index in [1.165, 1.54) is 0 Å². The minimum Gasteiger partial charge on any atom is -0.495 e. The van der Waals surface area contributed by atoms with Crippen LogP contribution in [0.3, 0.4) is 0 Å². The fraction of sp³-hybridized carbons (Fsp3) is 0.609. The molecule has 0 aromatic heterocycles. The van der Waals surface area contributed by atoms with Gasteiger partial charge in [0.15, 0.2) is 0 Å². The molecule has 2 atom stereocenters. The Morgan fingerprint density at radius 2 is 1.84 bits per heavy atom. The van der Waals surface area contributed by atoms with E-state index in [0.29, 0.717) is 49.7 Å². The third-order valence-corrected chi connectivity index (χ3v) is 5.58. The van der Waals surface area contributed by atoms with Gasteiger partial charge in [-0.25, -0.2) is 0 Å². The van der Waals surface area contributed by atoms with Gasteiger partial charge in [-0.1, -0.05) is 19.9 Å². The summed E-state index contributed by atoms with van der Waals surface area (Å²) in [5.74, 6) is 0.156. The van der Waals surface area contributed by atoms with Crippen LogP contribution in [0, 0.1) is 18.8 Å². The van der Waals surface area contributed by atoms with Crippen molar-refractivity contribution >= 4 is 23.4 Å². The zero-order chi connectivity index (χ0) is 23.1. The first-order valence-corrected chi connectivity index (χ1v) is 10.9. The summed E-state index contributed by atoms with van der Waals surface area (Å²) in [6.45, 7) is 8.66. The molecule has 1 saturated heterocycles. The van der Waals surface area contributed by atoms with E-state index in [1.807, 2.05) is 32.9 Å². The summed E-state index contributed by atoms with van der Waals surface area (Å²) in [7, 11) is 1.54. The maximum atomic E-state index is 12.7. The number of ether oxygens (including phenoxy) is 1. The summed E-state index contributed by atoms with van der Waals surface area (Å²) in [4.78, 5) is 39.4. The highest BCUT2D eigenvalue weighted by atomic mass is 16.5. The Bertz CT molecular complexity index is 788. The van der Waals surface area contributed by atoms with Crippen LogP contribution in [0.15, 0.2) is 18.2 Å². The number of carbonyl (C=O) groups excluding carboxylic acids is 3. The van der Waals surface area contributed by atoms with Crippen LogP contribution in [0.5, 0.6) is 5.75 Å². The summed E-state index contributed by atoms with van der Waals surface area (Å²) >= 11 is 0. The molecule has 3 amide bonds. The van der Waals surface area contributed by atoms with Crippen molar-refractivity contribution in [2.75, 3.05) is 25.5 Å². The topological polar surface area (TPSA) is 114 Å². The molecule has 2 rings (SSSR count). The molecule has 1 heterocycles. The van der Waals surface area contributed by atoms with Crippen molar-refractivity contribution in [3.63, 3.8) is 0 Å². The van der Waals surface area contributed by atoms with Crippen LogP contribution in [-0.4, -0.2) is 54.9 Å². The fourth-order valence-corrected chi connectivity index (χ4v) is 3.76. The van der Waals surface area contributed by atoms with Crippen molar-refractivity contribution in [3.8, 4) is 5.75 Å². The molecular weight excluding hydrogens is 396 g/mol. The van der Waals surface area contributed by atoms with Crippen LogP contribution < -0.4 is 21.1 Å². The summed E-state index contributed by atoms with van der Waals surface area (Å²) in [5.41, 5.74) is 7.57. The monoisotopic (exact) mass is 432 g/mol. The lowest BCUT2D eigenvalue weighted by atomic mass is 9.94. The van der Waals surface area contributed by atoms with Gasteiger partial charge in [0.1, 0.15) is 11.8 Å². The number of hydrogen-bond acceptors (Lipinski definition) is 5. The van der Waals surface area contributed by atoms with E-state index in [2.05, 4.69) is 10.6 Å². The van der Waals surface area contributed by atoms with Gasteiger partial charge in [-0.15, -0.1) is 0 Å². The maximum absolute atomic E-state index is 12.7. The average molecular weight is 433 g/mol. The van der Waals surface area contributed by atoms with Crippen LogP contribution in [0.25, 0.3) is 0 Å². The normalized spacial score (nSPS) is 16.5. The molecule has 1 aromatic carbocycles. The molecule has 8 nitrogen and oxygen atoms in total. The minimum absolute atomic E-state index is 0.0487. The first kappa shape index (κ1) is 24.7. The third-order valence-electron chi connectivity index (χ3n) is 5.58. The number of methoxy groups -OCH3 is 1.